The maximum Gasteiger partial charge on any atom is 0.312 e. The molecule has 2 aromatic carbocycles. The van der Waals surface area contributed by atoms with Gasteiger partial charge < -0.3 is 21.1 Å². The van der Waals surface area contributed by atoms with Gasteiger partial charge in [-0.15, -0.1) is 0 Å². The van der Waals surface area contributed by atoms with Crippen molar-refractivity contribution < 1.29 is 14.3 Å². The van der Waals surface area contributed by atoms with Gasteiger partial charge in [-0.3, -0.25) is 4.79 Å². The highest BCUT2D eigenvalue weighted by Gasteiger charge is 2.05. The third kappa shape index (κ3) is 5.03. The van der Waals surface area contributed by atoms with Crippen LogP contribution >= 0.6 is 0 Å². The molecule has 0 atom stereocenters. The predicted molar refractivity (Wildman–Crippen MR) is 87.0 cm³/mol. The number of nitrogens with one attached hydrogen (secondary N) is 2. The normalized spacial score (nSPS) is 9.96. The van der Waals surface area contributed by atoms with Gasteiger partial charge in [0, 0.05) is 18.7 Å². The first-order valence-electron chi connectivity index (χ1n) is 7.12. The summed E-state index contributed by atoms with van der Waals surface area (Å²) in [6.07, 6.45) is 0. The van der Waals surface area contributed by atoms with Crippen LogP contribution in [0.1, 0.15) is 21.5 Å². The van der Waals surface area contributed by atoms with Crippen molar-refractivity contribution >= 4 is 11.9 Å². The molecule has 0 aliphatic rings. The first kappa shape index (κ1) is 16.4. The largest absolute Gasteiger partial charge is 0.497 e. The highest BCUT2D eigenvalue weighted by Crippen LogP contribution is 2.11. The van der Waals surface area contributed by atoms with E-state index in [1.807, 2.05) is 24.3 Å². The van der Waals surface area contributed by atoms with Crippen molar-refractivity contribution in [3.8, 4) is 5.75 Å². The van der Waals surface area contributed by atoms with E-state index in [9.17, 15) is 9.59 Å². The third-order valence-corrected chi connectivity index (χ3v) is 3.29. The number of hydrogen-bond acceptors (Lipinski definition) is 3. The molecule has 120 valence electrons. The predicted octanol–water partition coefficient (Wildman–Crippen LogP) is 1.79. The monoisotopic (exact) mass is 313 g/mol. The van der Waals surface area contributed by atoms with Crippen LogP contribution in [-0.2, 0) is 13.1 Å². The average Bonchev–Trinajstić information content (AvgIpc) is 2.58. The molecule has 2 rings (SSSR count). The number of rotatable bonds is 6. The second kappa shape index (κ2) is 7.84. The smallest absolute Gasteiger partial charge is 0.312 e. The summed E-state index contributed by atoms with van der Waals surface area (Å²) in [5.74, 6) is 0.621. The van der Waals surface area contributed by atoms with Crippen LogP contribution in [0.15, 0.2) is 48.5 Å². The maximum atomic E-state index is 12.1. The van der Waals surface area contributed by atoms with E-state index >= 15 is 0 Å². The fraction of sp³-hybridized carbons (Fsp3) is 0.176. The number of ether oxygens (including phenoxy) is 1. The highest BCUT2D eigenvalue weighted by atomic mass is 16.5. The van der Waals surface area contributed by atoms with Gasteiger partial charge in [-0.25, -0.2) is 4.79 Å². The van der Waals surface area contributed by atoms with Gasteiger partial charge in [-0.2, -0.15) is 0 Å². The molecule has 3 amide bonds. The molecule has 0 aliphatic carbocycles. The summed E-state index contributed by atoms with van der Waals surface area (Å²) in [6, 6.07) is 13.9. The lowest BCUT2D eigenvalue weighted by Crippen LogP contribution is -2.28. The second-order valence-electron chi connectivity index (χ2n) is 4.95. The number of hydrogen-bond donors (Lipinski definition) is 3. The van der Waals surface area contributed by atoms with E-state index in [1.165, 1.54) is 0 Å². The zero-order chi connectivity index (χ0) is 16.7. The fourth-order valence-corrected chi connectivity index (χ4v) is 1.99. The van der Waals surface area contributed by atoms with E-state index < -0.39 is 6.03 Å². The van der Waals surface area contributed by atoms with Crippen LogP contribution in [-0.4, -0.2) is 19.0 Å². The first-order valence-corrected chi connectivity index (χ1v) is 7.12. The van der Waals surface area contributed by atoms with E-state index in [-0.39, 0.29) is 5.91 Å². The number of amides is 3. The number of urea groups is 1. The second-order valence-corrected chi connectivity index (χ2v) is 4.95. The molecule has 6 nitrogen and oxygen atoms in total. The molecule has 0 fully saturated rings. The molecule has 0 heterocycles. The Bertz CT molecular complexity index is 666. The Morgan fingerprint density at radius 1 is 0.913 bits per heavy atom. The van der Waals surface area contributed by atoms with E-state index in [2.05, 4.69) is 10.6 Å². The van der Waals surface area contributed by atoms with Gasteiger partial charge in [-0.05, 0) is 35.4 Å². The van der Waals surface area contributed by atoms with Gasteiger partial charge in [0.15, 0.2) is 0 Å². The van der Waals surface area contributed by atoms with Crippen LogP contribution in [0.5, 0.6) is 5.75 Å². The van der Waals surface area contributed by atoms with Crippen molar-refractivity contribution in [2.45, 2.75) is 13.1 Å². The number of nitrogens with two attached hydrogens (primary N) is 1. The van der Waals surface area contributed by atoms with E-state index in [1.54, 1.807) is 31.4 Å². The van der Waals surface area contributed by atoms with E-state index in [0.29, 0.717) is 18.7 Å². The van der Waals surface area contributed by atoms with Gasteiger partial charge in [0.25, 0.3) is 5.91 Å². The van der Waals surface area contributed by atoms with Gasteiger partial charge >= 0.3 is 6.03 Å². The number of carbonyl (C=O) groups is 2. The lowest BCUT2D eigenvalue weighted by atomic mass is 10.1. The van der Waals surface area contributed by atoms with Crippen molar-refractivity contribution in [1.82, 2.24) is 10.6 Å². The number of carbonyl (C=O) groups excluding carboxylic acids is 2. The molecule has 0 saturated heterocycles. The average molecular weight is 313 g/mol. The standard InChI is InChI=1S/C17H19N3O3/c1-23-15-8-4-13(5-9-15)10-19-16(21)14-6-2-12(3-7-14)11-20-17(18)22/h2-9H,10-11H2,1H3,(H,19,21)(H3,18,20,22). The van der Waals surface area contributed by atoms with Crippen LogP contribution in [0, 0.1) is 0 Å². The zero-order valence-corrected chi connectivity index (χ0v) is 12.8. The SMILES string of the molecule is COc1ccc(CNC(=O)c2ccc(CNC(N)=O)cc2)cc1. The van der Waals surface area contributed by atoms with Crippen LogP contribution in [0.4, 0.5) is 4.79 Å². The fourth-order valence-electron chi connectivity index (χ4n) is 1.99. The van der Waals surface area contributed by atoms with Crippen molar-refractivity contribution in [2.24, 2.45) is 5.73 Å². The third-order valence-electron chi connectivity index (χ3n) is 3.29. The molecule has 0 aromatic heterocycles. The molecular weight excluding hydrogens is 294 g/mol. The molecule has 0 spiro atoms. The summed E-state index contributed by atoms with van der Waals surface area (Å²) in [7, 11) is 1.61. The molecule has 2 aromatic rings. The summed E-state index contributed by atoms with van der Waals surface area (Å²) in [5, 5.41) is 5.35. The van der Waals surface area contributed by atoms with Crippen LogP contribution in [0.3, 0.4) is 0 Å². The molecule has 6 heteroatoms. The van der Waals surface area contributed by atoms with Crippen molar-refractivity contribution in [3.63, 3.8) is 0 Å². The molecule has 0 unspecified atom stereocenters. The van der Waals surface area contributed by atoms with Crippen LogP contribution in [0.2, 0.25) is 0 Å². The Kier molecular flexibility index (Phi) is 5.57. The lowest BCUT2D eigenvalue weighted by molar-refractivity contribution is 0.0951. The molecule has 0 aliphatic heterocycles. The van der Waals surface area contributed by atoms with E-state index in [0.717, 1.165) is 16.9 Å². The molecule has 4 N–H and O–H groups in total. The Morgan fingerprint density at radius 2 is 1.43 bits per heavy atom. The summed E-state index contributed by atoms with van der Waals surface area (Å²) < 4.78 is 5.09. The molecule has 0 radical (unpaired) electrons. The van der Waals surface area contributed by atoms with Crippen molar-refractivity contribution in [3.05, 3.63) is 65.2 Å². The molecule has 0 bridgehead atoms. The first-order chi connectivity index (χ1) is 11.1. The summed E-state index contributed by atoms with van der Waals surface area (Å²) >= 11 is 0. The van der Waals surface area contributed by atoms with Gasteiger partial charge in [0.05, 0.1) is 7.11 Å². The summed E-state index contributed by atoms with van der Waals surface area (Å²) in [6.45, 7) is 0.775. The Labute approximate surface area is 134 Å². The Hall–Kier alpha value is -3.02. The highest BCUT2D eigenvalue weighted by molar-refractivity contribution is 5.94. The van der Waals surface area contributed by atoms with Gasteiger partial charge in [0.2, 0.25) is 0 Å². The quantitative estimate of drug-likeness (QED) is 0.759. The van der Waals surface area contributed by atoms with Crippen LogP contribution in [0.25, 0.3) is 0 Å². The minimum atomic E-state index is -0.577. The van der Waals surface area contributed by atoms with Crippen LogP contribution < -0.4 is 21.1 Å². The number of methoxy groups -OCH3 is 1. The maximum absolute atomic E-state index is 12.1. The van der Waals surface area contributed by atoms with E-state index in [4.69, 9.17) is 10.5 Å². The Balaban J connectivity index is 1.88. The topological polar surface area (TPSA) is 93.4 Å². The van der Waals surface area contributed by atoms with Crippen molar-refractivity contribution in [2.75, 3.05) is 7.11 Å². The Morgan fingerprint density at radius 3 is 1.96 bits per heavy atom. The minimum absolute atomic E-state index is 0.157. The molecule has 0 saturated carbocycles. The van der Waals surface area contributed by atoms with Crippen molar-refractivity contribution in [1.29, 1.82) is 0 Å². The summed E-state index contributed by atoms with van der Waals surface area (Å²) in [4.78, 5) is 22.7. The van der Waals surface area contributed by atoms with Gasteiger partial charge in [0.1, 0.15) is 5.75 Å². The number of primary amides is 1. The number of benzene rings is 2. The van der Waals surface area contributed by atoms with Gasteiger partial charge in [-0.1, -0.05) is 24.3 Å². The minimum Gasteiger partial charge on any atom is -0.497 e. The molecular formula is C17H19N3O3. The summed E-state index contributed by atoms with van der Waals surface area (Å²) in [5.41, 5.74) is 7.42. The molecule has 23 heavy (non-hydrogen) atoms. The lowest BCUT2D eigenvalue weighted by Gasteiger charge is -2.07. The zero-order valence-electron chi connectivity index (χ0n) is 12.8.